The fraction of sp³-hybridized carbons (Fsp3) is 0.154. The van der Waals surface area contributed by atoms with E-state index >= 15 is 0 Å². The van der Waals surface area contributed by atoms with Crippen LogP contribution in [0.3, 0.4) is 0 Å². The lowest BCUT2D eigenvalue weighted by Gasteiger charge is -2.08. The maximum atomic E-state index is 6.26. The van der Waals surface area contributed by atoms with Crippen LogP contribution in [0.5, 0.6) is 0 Å². The summed E-state index contributed by atoms with van der Waals surface area (Å²) in [5.41, 5.74) is 2.92. The number of aryl methyl sites for hydroxylation is 2. The molecule has 0 bridgehead atoms. The van der Waals surface area contributed by atoms with E-state index in [2.05, 4.69) is 15.2 Å². The summed E-state index contributed by atoms with van der Waals surface area (Å²) >= 11 is 18.4. The molecule has 0 spiro atoms. The molecule has 0 aliphatic heterocycles. The molecule has 0 saturated heterocycles. The molecule has 0 aliphatic carbocycles. The molecule has 102 valence electrons. The summed E-state index contributed by atoms with van der Waals surface area (Å²) in [6, 6.07) is 5.38. The Labute approximate surface area is 130 Å². The first kappa shape index (κ1) is 13.6. The Balaban J connectivity index is 2.41. The smallest absolute Gasteiger partial charge is 0.199 e. The van der Waals surface area contributed by atoms with Crippen LogP contribution in [0.25, 0.3) is 17.0 Å². The van der Waals surface area contributed by atoms with Crippen molar-refractivity contribution in [3.63, 3.8) is 0 Å². The highest BCUT2D eigenvalue weighted by Gasteiger charge is 2.18. The third-order valence-electron chi connectivity index (χ3n) is 3.16. The first-order valence-electron chi connectivity index (χ1n) is 5.83. The highest BCUT2D eigenvalue weighted by molar-refractivity contribution is 6.43. The highest BCUT2D eigenvalue weighted by Crippen LogP contribution is 2.33. The van der Waals surface area contributed by atoms with Crippen molar-refractivity contribution in [3.05, 3.63) is 44.8 Å². The number of aromatic nitrogens is 4. The third-order valence-corrected chi connectivity index (χ3v) is 4.24. The minimum atomic E-state index is 0.310. The maximum absolute atomic E-state index is 6.26. The molecule has 0 amide bonds. The SMILES string of the molecule is Cc1nc(Cl)c2nnc(-c3cccc(Cl)c3Cl)n2c1C. The molecule has 3 rings (SSSR count). The molecular weight excluding hydrogens is 319 g/mol. The minimum absolute atomic E-state index is 0.310. The summed E-state index contributed by atoms with van der Waals surface area (Å²) in [6.07, 6.45) is 0. The van der Waals surface area contributed by atoms with E-state index < -0.39 is 0 Å². The van der Waals surface area contributed by atoms with Crippen LogP contribution in [0, 0.1) is 13.8 Å². The van der Waals surface area contributed by atoms with Crippen LogP contribution in [0.4, 0.5) is 0 Å². The van der Waals surface area contributed by atoms with E-state index in [-0.39, 0.29) is 0 Å². The normalized spacial score (nSPS) is 11.2. The van der Waals surface area contributed by atoms with Gasteiger partial charge in [0, 0.05) is 11.3 Å². The van der Waals surface area contributed by atoms with Gasteiger partial charge in [0.2, 0.25) is 0 Å². The fourth-order valence-electron chi connectivity index (χ4n) is 2.03. The van der Waals surface area contributed by atoms with Gasteiger partial charge in [-0.1, -0.05) is 40.9 Å². The van der Waals surface area contributed by atoms with E-state index in [1.165, 1.54) is 0 Å². The Bertz CT molecular complexity index is 826. The second-order valence-corrected chi connectivity index (χ2v) is 5.50. The monoisotopic (exact) mass is 326 g/mol. The standard InChI is InChI=1S/C13H9Cl3N4/c1-6-7(2)20-12(18-19-13(20)11(16)17-6)8-4-3-5-9(14)10(8)15/h3-5H,1-2H3. The number of fused-ring (bicyclic) bond motifs is 1. The van der Waals surface area contributed by atoms with E-state index in [1.54, 1.807) is 6.07 Å². The lowest BCUT2D eigenvalue weighted by atomic mass is 10.2. The van der Waals surface area contributed by atoms with Gasteiger partial charge in [-0.25, -0.2) is 4.98 Å². The zero-order chi connectivity index (χ0) is 14.4. The van der Waals surface area contributed by atoms with Crippen molar-refractivity contribution in [2.24, 2.45) is 0 Å². The molecule has 0 N–H and O–H groups in total. The highest BCUT2D eigenvalue weighted by atomic mass is 35.5. The molecule has 0 unspecified atom stereocenters. The molecule has 2 heterocycles. The quantitative estimate of drug-likeness (QED) is 0.666. The van der Waals surface area contributed by atoms with Crippen LogP contribution in [0.1, 0.15) is 11.4 Å². The lowest BCUT2D eigenvalue weighted by Crippen LogP contribution is -2.01. The fourth-order valence-corrected chi connectivity index (χ4v) is 2.66. The average molecular weight is 328 g/mol. The van der Waals surface area contributed by atoms with Crippen LogP contribution in [-0.2, 0) is 0 Å². The summed E-state index contributed by atoms with van der Waals surface area (Å²) in [7, 11) is 0. The average Bonchev–Trinajstić information content (AvgIpc) is 2.84. The van der Waals surface area contributed by atoms with E-state index in [4.69, 9.17) is 34.8 Å². The lowest BCUT2D eigenvalue weighted by molar-refractivity contribution is 1.000. The Morgan fingerprint density at radius 1 is 1.05 bits per heavy atom. The van der Waals surface area contributed by atoms with Gasteiger partial charge >= 0.3 is 0 Å². The van der Waals surface area contributed by atoms with Crippen LogP contribution >= 0.6 is 34.8 Å². The Morgan fingerprint density at radius 2 is 1.80 bits per heavy atom. The molecule has 0 saturated carbocycles. The number of rotatable bonds is 1. The Hall–Kier alpha value is -1.36. The Morgan fingerprint density at radius 3 is 2.55 bits per heavy atom. The van der Waals surface area contributed by atoms with Crippen molar-refractivity contribution in [1.29, 1.82) is 0 Å². The number of hydrogen-bond donors (Lipinski definition) is 0. The molecule has 0 aliphatic rings. The molecule has 4 nitrogen and oxygen atoms in total. The molecule has 0 radical (unpaired) electrons. The van der Waals surface area contributed by atoms with Crippen molar-refractivity contribution in [3.8, 4) is 11.4 Å². The molecule has 1 aromatic carbocycles. The summed E-state index contributed by atoms with van der Waals surface area (Å²) in [5.74, 6) is 0.595. The molecule has 20 heavy (non-hydrogen) atoms. The van der Waals surface area contributed by atoms with E-state index in [9.17, 15) is 0 Å². The predicted molar refractivity (Wildman–Crippen MR) is 80.7 cm³/mol. The predicted octanol–water partition coefficient (Wildman–Crippen LogP) is 4.37. The molecule has 2 aromatic heterocycles. The van der Waals surface area contributed by atoms with Crippen molar-refractivity contribution >= 4 is 40.4 Å². The summed E-state index contributed by atoms with van der Waals surface area (Å²) < 4.78 is 1.84. The number of nitrogens with zero attached hydrogens (tertiary/aromatic N) is 4. The maximum Gasteiger partial charge on any atom is 0.199 e. The van der Waals surface area contributed by atoms with Gasteiger partial charge in [0.25, 0.3) is 0 Å². The Kier molecular flexibility index (Phi) is 3.32. The van der Waals surface area contributed by atoms with Gasteiger partial charge in [-0.05, 0) is 26.0 Å². The van der Waals surface area contributed by atoms with Gasteiger partial charge in [0.05, 0.1) is 15.7 Å². The largest absolute Gasteiger partial charge is 0.275 e. The van der Waals surface area contributed by atoms with Gasteiger partial charge in [0.1, 0.15) is 0 Å². The van der Waals surface area contributed by atoms with Crippen LogP contribution in [0.15, 0.2) is 18.2 Å². The minimum Gasteiger partial charge on any atom is -0.275 e. The number of halogens is 3. The zero-order valence-electron chi connectivity index (χ0n) is 10.7. The van der Waals surface area contributed by atoms with E-state index in [1.807, 2.05) is 30.4 Å². The first-order chi connectivity index (χ1) is 9.50. The van der Waals surface area contributed by atoms with Crippen LogP contribution in [0.2, 0.25) is 15.2 Å². The number of benzene rings is 1. The van der Waals surface area contributed by atoms with E-state index in [0.29, 0.717) is 32.2 Å². The molecular formula is C13H9Cl3N4. The van der Waals surface area contributed by atoms with Crippen LogP contribution in [-0.4, -0.2) is 19.6 Å². The summed E-state index contributed by atoms with van der Waals surface area (Å²) in [4.78, 5) is 4.23. The molecule has 3 aromatic rings. The third kappa shape index (κ3) is 1.95. The van der Waals surface area contributed by atoms with Crippen molar-refractivity contribution in [2.75, 3.05) is 0 Å². The van der Waals surface area contributed by atoms with Crippen molar-refractivity contribution < 1.29 is 0 Å². The second-order valence-electron chi connectivity index (χ2n) is 4.36. The van der Waals surface area contributed by atoms with E-state index in [0.717, 1.165) is 11.4 Å². The summed E-state index contributed by atoms with van der Waals surface area (Å²) in [5, 5.41) is 9.48. The van der Waals surface area contributed by atoms with Crippen molar-refractivity contribution in [2.45, 2.75) is 13.8 Å². The molecule has 0 atom stereocenters. The summed E-state index contributed by atoms with van der Waals surface area (Å²) in [6.45, 7) is 3.81. The van der Waals surface area contributed by atoms with Gasteiger partial charge in [0.15, 0.2) is 16.6 Å². The molecule has 0 fully saturated rings. The molecule has 7 heteroatoms. The first-order valence-corrected chi connectivity index (χ1v) is 6.96. The zero-order valence-corrected chi connectivity index (χ0v) is 12.9. The second kappa shape index (κ2) is 4.88. The van der Waals surface area contributed by atoms with Crippen molar-refractivity contribution in [1.82, 2.24) is 19.6 Å². The van der Waals surface area contributed by atoms with Gasteiger partial charge in [-0.15, -0.1) is 10.2 Å². The van der Waals surface area contributed by atoms with Gasteiger partial charge < -0.3 is 0 Å². The topological polar surface area (TPSA) is 43.1 Å². The van der Waals surface area contributed by atoms with Crippen LogP contribution < -0.4 is 0 Å². The number of hydrogen-bond acceptors (Lipinski definition) is 3. The van der Waals surface area contributed by atoms with Gasteiger partial charge in [-0.3, -0.25) is 4.40 Å². The van der Waals surface area contributed by atoms with Gasteiger partial charge in [-0.2, -0.15) is 0 Å².